The molecule has 4 heteroatoms. The summed E-state index contributed by atoms with van der Waals surface area (Å²) in [6.07, 6.45) is 4.46. The Morgan fingerprint density at radius 1 is 1.19 bits per heavy atom. The molecule has 0 radical (unpaired) electrons. The fraction of sp³-hybridized carbons (Fsp3) is 0.353. The zero-order valence-corrected chi connectivity index (χ0v) is 12.6. The standard InChI is InChI=1S/C17H21N3O/c1-19(13-17-11-18-20(2)14-17)12-16-8-6-15(7-9-16)5-3-4-10-21/h6-9,11,14,21H,4,10,12-13H2,1-2H3. The van der Waals surface area contributed by atoms with Gasteiger partial charge in [-0.05, 0) is 24.7 Å². The fourth-order valence-corrected chi connectivity index (χ4v) is 2.15. The fourth-order valence-electron chi connectivity index (χ4n) is 2.15. The second kappa shape index (κ2) is 7.63. The van der Waals surface area contributed by atoms with Gasteiger partial charge in [-0.25, -0.2) is 0 Å². The van der Waals surface area contributed by atoms with Crippen molar-refractivity contribution in [3.05, 3.63) is 53.3 Å². The van der Waals surface area contributed by atoms with Crippen LogP contribution in [0.2, 0.25) is 0 Å². The van der Waals surface area contributed by atoms with Crippen LogP contribution in [0.3, 0.4) is 0 Å². The summed E-state index contributed by atoms with van der Waals surface area (Å²) in [6, 6.07) is 8.25. The maximum atomic E-state index is 8.70. The molecule has 0 bridgehead atoms. The van der Waals surface area contributed by atoms with E-state index in [1.54, 1.807) is 0 Å². The third-order valence-electron chi connectivity index (χ3n) is 3.09. The molecular weight excluding hydrogens is 262 g/mol. The van der Waals surface area contributed by atoms with Crippen LogP contribution in [0.5, 0.6) is 0 Å². The molecule has 0 saturated carbocycles. The molecule has 1 aromatic carbocycles. The highest BCUT2D eigenvalue weighted by Crippen LogP contribution is 2.09. The van der Waals surface area contributed by atoms with Gasteiger partial charge in [-0.15, -0.1) is 0 Å². The molecule has 2 aromatic rings. The highest BCUT2D eigenvalue weighted by molar-refractivity contribution is 5.36. The van der Waals surface area contributed by atoms with E-state index < -0.39 is 0 Å². The molecule has 1 aromatic heterocycles. The van der Waals surface area contributed by atoms with Gasteiger partial charge in [0.2, 0.25) is 0 Å². The minimum Gasteiger partial charge on any atom is -0.395 e. The quantitative estimate of drug-likeness (QED) is 0.851. The van der Waals surface area contributed by atoms with Crippen molar-refractivity contribution < 1.29 is 5.11 Å². The van der Waals surface area contributed by atoms with Crippen LogP contribution in [-0.2, 0) is 20.1 Å². The number of hydrogen-bond donors (Lipinski definition) is 1. The first-order valence-electron chi connectivity index (χ1n) is 7.02. The summed E-state index contributed by atoms with van der Waals surface area (Å²) in [5, 5.41) is 12.9. The normalized spacial score (nSPS) is 10.5. The van der Waals surface area contributed by atoms with Crippen LogP contribution in [0, 0.1) is 11.8 Å². The molecular formula is C17H21N3O. The molecule has 1 N–H and O–H groups in total. The minimum atomic E-state index is 0.115. The maximum Gasteiger partial charge on any atom is 0.0540 e. The molecule has 0 aliphatic rings. The van der Waals surface area contributed by atoms with Crippen LogP contribution in [0.15, 0.2) is 36.7 Å². The number of nitrogens with zero attached hydrogens (tertiary/aromatic N) is 3. The van der Waals surface area contributed by atoms with Gasteiger partial charge in [-0.3, -0.25) is 9.58 Å². The van der Waals surface area contributed by atoms with Gasteiger partial charge >= 0.3 is 0 Å². The highest BCUT2D eigenvalue weighted by Gasteiger charge is 2.03. The SMILES string of the molecule is CN(Cc1ccc(C#CCCO)cc1)Cc1cnn(C)c1. The number of aromatic nitrogens is 2. The number of aliphatic hydroxyl groups excluding tert-OH is 1. The Bertz CT molecular complexity index is 619. The van der Waals surface area contributed by atoms with Gasteiger partial charge in [0, 0.05) is 43.9 Å². The first kappa shape index (κ1) is 15.3. The second-order valence-electron chi connectivity index (χ2n) is 5.17. The average molecular weight is 283 g/mol. The van der Waals surface area contributed by atoms with Gasteiger partial charge in [0.1, 0.15) is 0 Å². The topological polar surface area (TPSA) is 41.3 Å². The second-order valence-corrected chi connectivity index (χ2v) is 5.17. The molecule has 0 fully saturated rings. The van der Waals surface area contributed by atoms with E-state index in [2.05, 4.69) is 41.0 Å². The Labute approximate surface area is 126 Å². The molecule has 0 amide bonds. The third-order valence-corrected chi connectivity index (χ3v) is 3.09. The third kappa shape index (κ3) is 5.07. The highest BCUT2D eigenvalue weighted by atomic mass is 16.2. The van der Waals surface area contributed by atoms with E-state index in [4.69, 9.17) is 5.11 Å². The van der Waals surface area contributed by atoms with Crippen molar-refractivity contribution in [1.29, 1.82) is 0 Å². The predicted molar refractivity (Wildman–Crippen MR) is 83.4 cm³/mol. The van der Waals surface area contributed by atoms with E-state index >= 15 is 0 Å². The van der Waals surface area contributed by atoms with Crippen LogP contribution >= 0.6 is 0 Å². The largest absolute Gasteiger partial charge is 0.395 e. The Morgan fingerprint density at radius 3 is 2.52 bits per heavy atom. The molecule has 0 spiro atoms. The number of rotatable bonds is 5. The van der Waals surface area contributed by atoms with E-state index in [0.717, 1.165) is 18.7 Å². The zero-order valence-electron chi connectivity index (χ0n) is 12.6. The van der Waals surface area contributed by atoms with Crippen molar-refractivity contribution in [3.8, 4) is 11.8 Å². The summed E-state index contributed by atoms with van der Waals surface area (Å²) in [5.74, 6) is 5.96. The summed E-state index contributed by atoms with van der Waals surface area (Å²) in [5.41, 5.74) is 3.46. The van der Waals surface area contributed by atoms with Crippen LogP contribution < -0.4 is 0 Å². The summed E-state index contributed by atoms with van der Waals surface area (Å²) in [7, 11) is 4.03. The summed E-state index contributed by atoms with van der Waals surface area (Å²) < 4.78 is 1.82. The first-order chi connectivity index (χ1) is 10.2. The van der Waals surface area contributed by atoms with Gasteiger partial charge in [-0.1, -0.05) is 24.0 Å². The van der Waals surface area contributed by atoms with Crippen LogP contribution in [0.25, 0.3) is 0 Å². The average Bonchev–Trinajstić information content (AvgIpc) is 2.86. The Kier molecular flexibility index (Phi) is 5.56. The molecule has 0 aliphatic carbocycles. The molecule has 21 heavy (non-hydrogen) atoms. The summed E-state index contributed by atoms with van der Waals surface area (Å²) >= 11 is 0. The van der Waals surface area contributed by atoms with Crippen molar-refractivity contribution in [1.82, 2.24) is 14.7 Å². The van der Waals surface area contributed by atoms with Crippen molar-refractivity contribution in [2.24, 2.45) is 7.05 Å². The summed E-state index contributed by atoms with van der Waals surface area (Å²) in [4.78, 5) is 2.25. The number of hydrogen-bond acceptors (Lipinski definition) is 3. The summed E-state index contributed by atoms with van der Waals surface area (Å²) in [6.45, 7) is 1.88. The minimum absolute atomic E-state index is 0.115. The van der Waals surface area contributed by atoms with Crippen LogP contribution in [0.1, 0.15) is 23.1 Å². The smallest absolute Gasteiger partial charge is 0.0540 e. The van der Waals surface area contributed by atoms with E-state index in [-0.39, 0.29) is 6.61 Å². The lowest BCUT2D eigenvalue weighted by molar-refractivity contribution is 0.305. The van der Waals surface area contributed by atoms with Crippen molar-refractivity contribution in [2.75, 3.05) is 13.7 Å². The van der Waals surface area contributed by atoms with Crippen molar-refractivity contribution in [3.63, 3.8) is 0 Å². The van der Waals surface area contributed by atoms with Crippen LogP contribution in [0.4, 0.5) is 0 Å². The van der Waals surface area contributed by atoms with Gasteiger partial charge in [0.15, 0.2) is 0 Å². The number of aryl methyl sites for hydroxylation is 1. The van der Waals surface area contributed by atoms with Gasteiger partial charge in [0.05, 0.1) is 12.8 Å². The molecule has 0 aliphatic heterocycles. The van der Waals surface area contributed by atoms with E-state index in [9.17, 15) is 0 Å². The van der Waals surface area contributed by atoms with Crippen molar-refractivity contribution in [2.45, 2.75) is 19.5 Å². The van der Waals surface area contributed by atoms with E-state index in [1.165, 1.54) is 11.1 Å². The Morgan fingerprint density at radius 2 is 1.90 bits per heavy atom. The zero-order chi connectivity index (χ0) is 15.1. The monoisotopic (exact) mass is 283 g/mol. The Balaban J connectivity index is 1.89. The molecule has 0 atom stereocenters. The lowest BCUT2D eigenvalue weighted by atomic mass is 10.1. The van der Waals surface area contributed by atoms with Crippen molar-refractivity contribution >= 4 is 0 Å². The molecule has 1 heterocycles. The Hall–Kier alpha value is -2.09. The van der Waals surface area contributed by atoms with E-state index in [1.807, 2.05) is 36.3 Å². The maximum absolute atomic E-state index is 8.70. The van der Waals surface area contributed by atoms with Crippen LogP contribution in [-0.4, -0.2) is 33.4 Å². The van der Waals surface area contributed by atoms with Gasteiger partial charge in [-0.2, -0.15) is 5.10 Å². The molecule has 110 valence electrons. The molecule has 2 rings (SSSR count). The van der Waals surface area contributed by atoms with Gasteiger partial charge in [0.25, 0.3) is 0 Å². The molecule has 0 saturated heterocycles. The predicted octanol–water partition coefficient (Wildman–Crippen LogP) is 1.79. The van der Waals surface area contributed by atoms with Gasteiger partial charge < -0.3 is 5.11 Å². The number of benzene rings is 1. The number of aliphatic hydroxyl groups is 1. The lowest BCUT2D eigenvalue weighted by Crippen LogP contribution is -2.16. The van der Waals surface area contributed by atoms with E-state index in [0.29, 0.717) is 6.42 Å². The molecule has 4 nitrogen and oxygen atoms in total. The molecule has 0 unspecified atom stereocenters. The first-order valence-corrected chi connectivity index (χ1v) is 7.02. The lowest BCUT2D eigenvalue weighted by Gasteiger charge is -2.15.